The van der Waals surface area contributed by atoms with E-state index in [1.54, 1.807) is 0 Å². The molecule has 1 aliphatic heterocycles. The van der Waals surface area contributed by atoms with Crippen LogP contribution in [0.15, 0.2) is 0 Å². The van der Waals surface area contributed by atoms with Crippen LogP contribution in [0.4, 0.5) is 0 Å². The van der Waals surface area contributed by atoms with Gasteiger partial charge >= 0.3 is 5.97 Å². The number of carboxylic acids is 1. The number of ether oxygens (including phenoxy) is 1. The van der Waals surface area contributed by atoms with Gasteiger partial charge in [0, 0.05) is 13.2 Å². The fourth-order valence-electron chi connectivity index (χ4n) is 2.11. The van der Waals surface area contributed by atoms with Gasteiger partial charge in [0.2, 0.25) is 5.91 Å². The molecule has 0 spiro atoms. The normalized spacial score (nSPS) is 21.6. The van der Waals surface area contributed by atoms with Gasteiger partial charge in [0.05, 0.1) is 5.92 Å². The number of carbonyl (C=O) groups excluding carboxylic acids is 1. The van der Waals surface area contributed by atoms with Crippen molar-refractivity contribution in [2.75, 3.05) is 13.2 Å². The molecule has 0 aromatic carbocycles. The van der Waals surface area contributed by atoms with E-state index in [1.807, 2.05) is 20.8 Å². The largest absolute Gasteiger partial charge is 0.481 e. The van der Waals surface area contributed by atoms with Crippen LogP contribution in [-0.4, -0.2) is 36.2 Å². The molecule has 1 unspecified atom stereocenters. The number of aliphatic carboxylic acids is 1. The first-order valence-electron chi connectivity index (χ1n) is 6.42. The predicted octanol–water partition coefficient (Wildman–Crippen LogP) is 1.42. The monoisotopic (exact) mass is 257 g/mol. The Labute approximate surface area is 108 Å². The molecule has 1 saturated heterocycles. The Balaban J connectivity index is 2.42. The maximum atomic E-state index is 11.7. The van der Waals surface area contributed by atoms with Gasteiger partial charge in [-0.15, -0.1) is 0 Å². The van der Waals surface area contributed by atoms with E-state index in [9.17, 15) is 9.59 Å². The van der Waals surface area contributed by atoms with Crippen molar-refractivity contribution in [3.8, 4) is 0 Å². The van der Waals surface area contributed by atoms with E-state index >= 15 is 0 Å². The van der Waals surface area contributed by atoms with Gasteiger partial charge in [0.1, 0.15) is 6.10 Å². The summed E-state index contributed by atoms with van der Waals surface area (Å²) in [5.74, 6) is -1.60. The summed E-state index contributed by atoms with van der Waals surface area (Å²) in [6.07, 6.45) is 1.76. The molecule has 18 heavy (non-hydrogen) atoms. The number of rotatable bonds is 5. The first-order chi connectivity index (χ1) is 8.29. The number of amides is 1. The second kappa shape index (κ2) is 6.18. The Morgan fingerprint density at radius 1 is 1.44 bits per heavy atom. The van der Waals surface area contributed by atoms with Gasteiger partial charge in [-0.2, -0.15) is 0 Å². The maximum absolute atomic E-state index is 11.7. The van der Waals surface area contributed by atoms with Crippen molar-refractivity contribution in [3.05, 3.63) is 0 Å². The van der Waals surface area contributed by atoms with E-state index in [2.05, 4.69) is 5.32 Å². The fraction of sp³-hybridized carbons (Fsp3) is 0.846. The molecule has 0 aromatic heterocycles. The molecule has 1 amide bonds. The molecule has 0 aliphatic carbocycles. The first-order valence-corrected chi connectivity index (χ1v) is 6.42. The maximum Gasteiger partial charge on any atom is 0.308 e. The molecule has 0 aromatic rings. The summed E-state index contributed by atoms with van der Waals surface area (Å²) in [6, 6.07) is 0. The summed E-state index contributed by atoms with van der Waals surface area (Å²) in [4.78, 5) is 22.8. The lowest BCUT2D eigenvalue weighted by molar-refractivity contribution is -0.143. The highest BCUT2D eigenvalue weighted by Gasteiger charge is 2.28. The molecule has 1 aliphatic rings. The summed E-state index contributed by atoms with van der Waals surface area (Å²) in [5, 5.41) is 11.8. The Kier molecular flexibility index (Phi) is 5.14. The zero-order chi connectivity index (χ0) is 13.8. The van der Waals surface area contributed by atoms with Crippen LogP contribution in [0, 0.1) is 11.3 Å². The van der Waals surface area contributed by atoms with E-state index < -0.39 is 18.0 Å². The second-order valence-corrected chi connectivity index (χ2v) is 6.05. The summed E-state index contributed by atoms with van der Waals surface area (Å²) in [7, 11) is 0. The zero-order valence-electron chi connectivity index (χ0n) is 11.4. The van der Waals surface area contributed by atoms with Crippen molar-refractivity contribution < 1.29 is 19.4 Å². The summed E-state index contributed by atoms with van der Waals surface area (Å²) >= 11 is 0. The lowest BCUT2D eigenvalue weighted by Crippen LogP contribution is -2.40. The van der Waals surface area contributed by atoms with Gasteiger partial charge in [-0.05, 0) is 24.7 Å². The van der Waals surface area contributed by atoms with Crippen LogP contribution in [0.5, 0.6) is 0 Å². The number of carbonyl (C=O) groups is 2. The lowest BCUT2D eigenvalue weighted by atomic mass is 9.84. The van der Waals surface area contributed by atoms with Gasteiger partial charge in [0.15, 0.2) is 0 Å². The quantitative estimate of drug-likeness (QED) is 0.781. The van der Waals surface area contributed by atoms with Crippen LogP contribution >= 0.6 is 0 Å². The van der Waals surface area contributed by atoms with Gasteiger partial charge in [-0.1, -0.05) is 20.8 Å². The Hall–Kier alpha value is -1.10. The van der Waals surface area contributed by atoms with E-state index in [0.717, 1.165) is 12.8 Å². The zero-order valence-corrected chi connectivity index (χ0v) is 11.4. The van der Waals surface area contributed by atoms with E-state index in [4.69, 9.17) is 9.84 Å². The van der Waals surface area contributed by atoms with Crippen LogP contribution in [0.25, 0.3) is 0 Å². The average Bonchev–Trinajstić information content (AvgIpc) is 2.75. The predicted molar refractivity (Wildman–Crippen MR) is 67.2 cm³/mol. The smallest absolute Gasteiger partial charge is 0.308 e. The number of hydrogen-bond acceptors (Lipinski definition) is 3. The van der Waals surface area contributed by atoms with Gasteiger partial charge in [-0.25, -0.2) is 0 Å². The van der Waals surface area contributed by atoms with Gasteiger partial charge in [-0.3, -0.25) is 9.59 Å². The molecule has 1 heterocycles. The number of hydrogen-bond donors (Lipinski definition) is 2. The molecule has 0 bridgehead atoms. The summed E-state index contributed by atoms with van der Waals surface area (Å²) in [5.41, 5.74) is -0.0718. The Morgan fingerprint density at radius 2 is 2.11 bits per heavy atom. The highest BCUT2D eigenvalue weighted by atomic mass is 16.5. The average molecular weight is 257 g/mol. The topological polar surface area (TPSA) is 75.6 Å². The molecule has 104 valence electrons. The van der Waals surface area contributed by atoms with Crippen molar-refractivity contribution in [1.82, 2.24) is 5.32 Å². The van der Waals surface area contributed by atoms with Crippen LogP contribution in [-0.2, 0) is 14.3 Å². The standard InChI is InChI=1S/C13H23NO4/c1-13(2,3)7-9(12(16)17)8-14-11(15)10-5-4-6-18-10/h9-10H,4-8H2,1-3H3,(H,14,15)(H,16,17)/t9?,10-/m0/s1. The minimum atomic E-state index is -0.863. The van der Waals surface area contributed by atoms with E-state index in [1.165, 1.54) is 0 Å². The molecular formula is C13H23NO4. The molecule has 5 nitrogen and oxygen atoms in total. The van der Waals surface area contributed by atoms with Crippen molar-refractivity contribution in [1.29, 1.82) is 0 Å². The van der Waals surface area contributed by atoms with Crippen molar-refractivity contribution >= 4 is 11.9 Å². The minimum Gasteiger partial charge on any atom is -0.481 e. The SMILES string of the molecule is CC(C)(C)CC(CNC(=O)[C@@H]1CCCO1)C(=O)O. The van der Waals surface area contributed by atoms with Gasteiger partial charge < -0.3 is 15.2 Å². The van der Waals surface area contributed by atoms with Gasteiger partial charge in [0.25, 0.3) is 0 Å². The third-order valence-corrected chi connectivity index (χ3v) is 2.95. The van der Waals surface area contributed by atoms with Crippen LogP contribution in [0.3, 0.4) is 0 Å². The second-order valence-electron chi connectivity index (χ2n) is 6.05. The van der Waals surface area contributed by atoms with E-state index in [0.29, 0.717) is 13.0 Å². The number of nitrogens with one attached hydrogen (secondary N) is 1. The molecule has 0 saturated carbocycles. The molecule has 1 fully saturated rings. The highest BCUT2D eigenvalue weighted by molar-refractivity contribution is 5.81. The third-order valence-electron chi connectivity index (χ3n) is 2.95. The molecule has 2 N–H and O–H groups in total. The fourth-order valence-corrected chi connectivity index (χ4v) is 2.11. The summed E-state index contributed by atoms with van der Waals surface area (Å²) in [6.45, 7) is 6.76. The Morgan fingerprint density at radius 3 is 2.56 bits per heavy atom. The number of carboxylic acid groups (broad SMARTS) is 1. The first kappa shape index (κ1) is 15.0. The molecule has 0 radical (unpaired) electrons. The van der Waals surface area contributed by atoms with Crippen LogP contribution < -0.4 is 5.32 Å². The van der Waals surface area contributed by atoms with Crippen molar-refractivity contribution in [2.45, 2.75) is 46.1 Å². The summed E-state index contributed by atoms with van der Waals surface area (Å²) < 4.78 is 5.25. The molecule has 1 rings (SSSR count). The Bertz CT molecular complexity index is 303. The third kappa shape index (κ3) is 5.04. The molecule has 5 heteroatoms. The highest BCUT2D eigenvalue weighted by Crippen LogP contribution is 2.24. The van der Waals surface area contributed by atoms with Crippen molar-refractivity contribution in [3.63, 3.8) is 0 Å². The van der Waals surface area contributed by atoms with E-state index in [-0.39, 0.29) is 17.9 Å². The molecular weight excluding hydrogens is 234 g/mol. The van der Waals surface area contributed by atoms with Crippen LogP contribution in [0.1, 0.15) is 40.0 Å². The minimum absolute atomic E-state index is 0.0718. The molecule has 2 atom stereocenters. The van der Waals surface area contributed by atoms with Crippen molar-refractivity contribution in [2.24, 2.45) is 11.3 Å². The lowest BCUT2D eigenvalue weighted by Gasteiger charge is -2.23. The van der Waals surface area contributed by atoms with Crippen LogP contribution in [0.2, 0.25) is 0 Å².